The van der Waals surface area contributed by atoms with Gasteiger partial charge in [-0.3, -0.25) is 17.5 Å². The Labute approximate surface area is 95.5 Å². The van der Waals surface area contributed by atoms with Crippen LogP contribution < -0.4 is 0 Å². The molecule has 0 fully saturated rings. The molecule has 0 heterocycles. The van der Waals surface area contributed by atoms with Crippen LogP contribution in [0.3, 0.4) is 0 Å². The third kappa shape index (κ3) is 1050. The topological polar surface area (TPSA) is 155 Å². The molecule has 0 radical (unpaired) electrons. The van der Waals surface area contributed by atoms with Gasteiger partial charge in [0.25, 0.3) is 0 Å². The van der Waals surface area contributed by atoms with Crippen molar-refractivity contribution in [3.8, 4) is 0 Å². The van der Waals surface area contributed by atoms with E-state index in [4.69, 9.17) is 35.0 Å². The maximum atomic E-state index is 8.74. The fourth-order valence-electron chi connectivity index (χ4n) is 0. The minimum absolute atomic E-state index is 0. The summed E-state index contributed by atoms with van der Waals surface area (Å²) in [4.78, 5) is 0. The van der Waals surface area contributed by atoms with Crippen LogP contribution in [0.2, 0.25) is 0 Å². The molecule has 0 aliphatic heterocycles. The third-order valence-corrected chi connectivity index (χ3v) is 0. The summed E-state index contributed by atoms with van der Waals surface area (Å²) in [6.45, 7) is 0. The predicted octanol–water partition coefficient (Wildman–Crippen LogP) is -3.29. The van der Waals surface area contributed by atoms with E-state index in [1.807, 2.05) is 0 Å². The van der Waals surface area contributed by atoms with Crippen LogP contribution in [0.1, 0.15) is 0 Å². The first-order valence-electron chi connectivity index (χ1n) is 1.37. The van der Waals surface area contributed by atoms with E-state index in [1.165, 1.54) is 0 Å². The van der Waals surface area contributed by atoms with Crippen molar-refractivity contribution in [2.75, 3.05) is 0 Å². The summed E-state index contributed by atoms with van der Waals surface area (Å²) in [7, 11) is -9.83. The molecule has 0 amide bonds. The summed E-state index contributed by atoms with van der Waals surface area (Å²) in [5, 5.41) is 0. The molecule has 0 rings (SSSR count). The van der Waals surface area contributed by atoms with Gasteiger partial charge in [-0.05, 0) is 0 Å². The molecule has 2 N–H and O–H groups in total. The Balaban J connectivity index is -0.0000000457. The summed E-state index contributed by atoms with van der Waals surface area (Å²) in [5.74, 6) is 0. The van der Waals surface area contributed by atoms with Crippen molar-refractivity contribution in [1.82, 2.24) is 0 Å². The summed E-state index contributed by atoms with van der Waals surface area (Å²) < 4.78 is 65.7. The van der Waals surface area contributed by atoms with Gasteiger partial charge < -0.3 is 9.11 Å². The summed E-state index contributed by atoms with van der Waals surface area (Å²) in [5.41, 5.74) is 0. The zero-order valence-electron chi connectivity index (χ0n) is 5.37. The van der Waals surface area contributed by atoms with E-state index in [0.29, 0.717) is 0 Å². The Morgan fingerprint density at radius 2 is 0.917 bits per heavy atom. The predicted molar refractivity (Wildman–Crippen MR) is 39.0 cm³/mol. The molecule has 0 saturated carbocycles. The molecule has 0 saturated heterocycles. The van der Waals surface area contributed by atoms with Crippen LogP contribution in [0.25, 0.3) is 0 Å². The van der Waals surface area contributed by atoms with E-state index < -0.39 is 20.8 Å². The molecule has 0 bridgehead atoms. The third-order valence-electron chi connectivity index (χ3n) is 0. The fourth-order valence-corrected chi connectivity index (χ4v) is 0. The van der Waals surface area contributed by atoms with E-state index in [-0.39, 0.29) is 40.1 Å². The van der Waals surface area contributed by atoms with Crippen LogP contribution >= 0.6 is 0 Å². The molecule has 8 nitrogen and oxygen atoms in total. The molecule has 0 aliphatic carbocycles. The first-order chi connectivity index (χ1) is 4.00. The number of hydrogen-bond donors (Lipinski definition) is 2. The monoisotopic (exact) mass is 300 g/mol. The van der Waals surface area contributed by atoms with Crippen LogP contribution in [0.4, 0.5) is 0 Å². The SMILES string of the molecule is O=S(=O)(O)O.O=S(=O)([O-])[O-].[Mg+2].[SeH2]. The van der Waals surface area contributed by atoms with Crippen molar-refractivity contribution in [2.45, 2.75) is 0 Å². The van der Waals surface area contributed by atoms with Gasteiger partial charge in [-0.2, -0.15) is 8.42 Å². The average Bonchev–Trinajstić information content (AvgIpc) is 1.12. The van der Waals surface area contributed by atoms with Gasteiger partial charge in [0.05, 0.1) is 0 Å². The van der Waals surface area contributed by atoms with E-state index >= 15 is 0 Å². The second-order valence-corrected chi connectivity index (χ2v) is 2.57. The van der Waals surface area contributed by atoms with Crippen LogP contribution in [0.15, 0.2) is 0 Å². The summed E-state index contributed by atoms with van der Waals surface area (Å²) in [6, 6.07) is 0. The van der Waals surface area contributed by atoms with Gasteiger partial charge in [-0.1, -0.05) is 0 Å². The molecular weight excluding hydrogens is 295 g/mol. The first kappa shape index (κ1) is 23.1. The van der Waals surface area contributed by atoms with Crippen molar-refractivity contribution in [1.29, 1.82) is 0 Å². The van der Waals surface area contributed by atoms with Gasteiger partial charge in [0.15, 0.2) is 0 Å². The van der Waals surface area contributed by atoms with Crippen molar-refractivity contribution in [3.05, 3.63) is 0 Å². The minimum atomic E-state index is -5.17. The van der Waals surface area contributed by atoms with Gasteiger partial charge in [-0.25, -0.2) is 0 Å². The molecule has 0 aromatic heterocycles. The second kappa shape index (κ2) is 8.62. The molecule has 0 aromatic rings. The van der Waals surface area contributed by atoms with E-state index in [2.05, 4.69) is 0 Å². The Morgan fingerprint density at radius 1 is 0.917 bits per heavy atom. The standard InChI is InChI=1S/Mg.2H2O4S.H2Se/c;2*1-5(2,3)4;/h;2*(H2,1,2,3,4);1H2/q+2;;;/p-2. The van der Waals surface area contributed by atoms with E-state index in [9.17, 15) is 0 Å². The van der Waals surface area contributed by atoms with Gasteiger partial charge >= 0.3 is 50.5 Å². The Kier molecular flexibility index (Phi) is 16.6. The molecule has 0 atom stereocenters. The van der Waals surface area contributed by atoms with Gasteiger partial charge in [0.1, 0.15) is 0 Å². The molecule has 12 heteroatoms. The van der Waals surface area contributed by atoms with Crippen molar-refractivity contribution in [3.63, 3.8) is 0 Å². The quantitative estimate of drug-likeness (QED) is 0.268. The van der Waals surface area contributed by atoms with E-state index in [1.54, 1.807) is 0 Å². The van der Waals surface area contributed by atoms with E-state index in [0.717, 1.165) is 0 Å². The van der Waals surface area contributed by atoms with Gasteiger partial charge in [0, 0.05) is 10.4 Å². The molecule has 72 valence electrons. The van der Waals surface area contributed by atoms with Crippen LogP contribution in [0, 0.1) is 0 Å². The van der Waals surface area contributed by atoms with Crippen molar-refractivity contribution < 1.29 is 35.0 Å². The second-order valence-electron chi connectivity index (χ2n) is 0.856. The van der Waals surface area contributed by atoms with Crippen LogP contribution in [0.5, 0.6) is 0 Å². The molecule has 0 aromatic carbocycles. The Bertz CT molecular complexity index is 213. The molecule has 0 spiro atoms. The molecular formula is H4MgO8S2Se. The summed E-state index contributed by atoms with van der Waals surface area (Å²) >= 11 is 0. The Morgan fingerprint density at radius 3 is 0.917 bits per heavy atom. The normalized spacial score (nSPS) is 9.67. The molecule has 12 heavy (non-hydrogen) atoms. The Hall–Kier alpha value is 1.03. The molecule has 0 aliphatic rings. The van der Waals surface area contributed by atoms with Gasteiger partial charge in [0.2, 0.25) is 0 Å². The van der Waals surface area contributed by atoms with Gasteiger partial charge in [-0.15, -0.1) is 0 Å². The van der Waals surface area contributed by atoms with Crippen molar-refractivity contribution in [2.24, 2.45) is 0 Å². The first-order valence-corrected chi connectivity index (χ1v) is 4.10. The maximum absolute atomic E-state index is 8.74. The van der Waals surface area contributed by atoms with Crippen molar-refractivity contribution >= 4 is 60.9 Å². The number of rotatable bonds is 0. The van der Waals surface area contributed by atoms with Crippen LogP contribution in [-0.2, 0) is 20.8 Å². The number of hydrogen-bond acceptors (Lipinski definition) is 6. The summed E-state index contributed by atoms with van der Waals surface area (Å²) in [6.07, 6.45) is 0. The average molecular weight is 299 g/mol. The fraction of sp³-hybridized carbons (Fsp3) is 0. The van der Waals surface area contributed by atoms with Crippen LogP contribution in [-0.4, -0.2) is 75.2 Å². The zero-order chi connectivity index (χ0) is 9.00. The molecule has 0 unspecified atom stereocenters. The zero-order valence-corrected chi connectivity index (χ0v) is 10.5.